The molecule has 0 spiro atoms. The van der Waals surface area contributed by atoms with Crippen molar-refractivity contribution in [1.29, 1.82) is 0 Å². The molecular weight excluding hydrogens is 360 g/mol. The number of benzene rings is 1. The predicted octanol–water partition coefficient (Wildman–Crippen LogP) is 3.94. The first kappa shape index (κ1) is 19.4. The Kier molecular flexibility index (Phi) is 6.16. The summed E-state index contributed by atoms with van der Waals surface area (Å²) < 4.78 is 5.57. The van der Waals surface area contributed by atoms with Crippen molar-refractivity contribution in [3.63, 3.8) is 0 Å². The summed E-state index contributed by atoms with van der Waals surface area (Å²) >= 11 is 1.46. The molecule has 0 bridgehead atoms. The van der Waals surface area contributed by atoms with Crippen LogP contribution in [0.3, 0.4) is 0 Å². The van der Waals surface area contributed by atoms with E-state index in [-0.39, 0.29) is 12.5 Å². The lowest BCUT2D eigenvalue weighted by atomic mass is 9.88. The van der Waals surface area contributed by atoms with Crippen molar-refractivity contribution in [3.8, 4) is 5.75 Å². The standard InChI is InChI=1S/C21H26N2O3S/c1-3-4-14-6-8-15(9-7-14)26-12-18(24)23-21-19(20(22)25)16-10-5-13(2)11-17(16)27-21/h6-9,13H,3-5,10-12H2,1-2H3,(H2,22,25)(H,23,24). The lowest BCUT2D eigenvalue weighted by molar-refractivity contribution is -0.118. The summed E-state index contributed by atoms with van der Waals surface area (Å²) in [5.74, 6) is 0.463. The van der Waals surface area contributed by atoms with Gasteiger partial charge in [-0.3, -0.25) is 9.59 Å². The Morgan fingerprint density at radius 2 is 2.04 bits per heavy atom. The van der Waals surface area contributed by atoms with E-state index in [4.69, 9.17) is 10.5 Å². The largest absolute Gasteiger partial charge is 0.484 e. The zero-order valence-corrected chi connectivity index (χ0v) is 16.7. The Balaban J connectivity index is 1.64. The van der Waals surface area contributed by atoms with Crippen molar-refractivity contribution < 1.29 is 14.3 Å². The Labute approximate surface area is 163 Å². The van der Waals surface area contributed by atoms with Crippen LogP contribution < -0.4 is 15.8 Å². The van der Waals surface area contributed by atoms with E-state index in [1.165, 1.54) is 16.9 Å². The van der Waals surface area contributed by atoms with Crippen LogP contribution in [0.4, 0.5) is 5.00 Å². The Morgan fingerprint density at radius 3 is 2.70 bits per heavy atom. The third-order valence-electron chi connectivity index (χ3n) is 4.84. The summed E-state index contributed by atoms with van der Waals surface area (Å²) in [7, 11) is 0. The monoisotopic (exact) mass is 386 g/mol. The number of primary amides is 1. The molecule has 0 saturated heterocycles. The van der Waals surface area contributed by atoms with E-state index in [9.17, 15) is 9.59 Å². The van der Waals surface area contributed by atoms with Crippen LogP contribution in [0.5, 0.6) is 5.75 Å². The van der Waals surface area contributed by atoms with Gasteiger partial charge in [0.15, 0.2) is 6.61 Å². The lowest BCUT2D eigenvalue weighted by Gasteiger charge is -2.18. The zero-order valence-electron chi connectivity index (χ0n) is 15.8. The maximum Gasteiger partial charge on any atom is 0.262 e. The summed E-state index contributed by atoms with van der Waals surface area (Å²) in [5.41, 5.74) is 8.31. The first-order chi connectivity index (χ1) is 13.0. The number of hydrogen-bond donors (Lipinski definition) is 2. The Bertz CT molecular complexity index is 827. The highest BCUT2D eigenvalue weighted by Crippen LogP contribution is 2.39. The van der Waals surface area contributed by atoms with Gasteiger partial charge in [-0.1, -0.05) is 32.4 Å². The molecule has 2 amide bonds. The van der Waals surface area contributed by atoms with Gasteiger partial charge in [0.1, 0.15) is 10.8 Å². The van der Waals surface area contributed by atoms with Crippen LogP contribution in [0, 0.1) is 5.92 Å². The topological polar surface area (TPSA) is 81.4 Å². The third-order valence-corrected chi connectivity index (χ3v) is 6.01. The molecule has 27 heavy (non-hydrogen) atoms. The number of thiophene rings is 1. The fourth-order valence-corrected chi connectivity index (χ4v) is 4.88. The van der Waals surface area contributed by atoms with Gasteiger partial charge in [-0.2, -0.15) is 0 Å². The highest BCUT2D eigenvalue weighted by molar-refractivity contribution is 7.17. The summed E-state index contributed by atoms with van der Waals surface area (Å²) in [5, 5.41) is 3.37. The van der Waals surface area contributed by atoms with Crippen molar-refractivity contribution in [2.75, 3.05) is 11.9 Å². The summed E-state index contributed by atoms with van der Waals surface area (Å²) in [6.07, 6.45) is 4.92. The molecule has 1 atom stereocenters. The van der Waals surface area contributed by atoms with Gasteiger partial charge in [-0.15, -0.1) is 11.3 Å². The van der Waals surface area contributed by atoms with Crippen LogP contribution >= 0.6 is 11.3 Å². The number of fused-ring (bicyclic) bond motifs is 1. The molecule has 1 aliphatic carbocycles. The number of nitrogens with one attached hydrogen (secondary N) is 1. The number of rotatable bonds is 7. The Morgan fingerprint density at radius 1 is 1.30 bits per heavy atom. The molecule has 0 aliphatic heterocycles. The number of hydrogen-bond acceptors (Lipinski definition) is 4. The van der Waals surface area contributed by atoms with Crippen LogP contribution in [0.15, 0.2) is 24.3 Å². The molecule has 144 valence electrons. The van der Waals surface area contributed by atoms with E-state index in [1.807, 2.05) is 24.3 Å². The van der Waals surface area contributed by atoms with Crippen LogP contribution in [0.1, 0.15) is 53.1 Å². The summed E-state index contributed by atoms with van der Waals surface area (Å²) in [4.78, 5) is 25.4. The van der Waals surface area contributed by atoms with Crippen molar-refractivity contribution in [2.24, 2.45) is 11.7 Å². The third kappa shape index (κ3) is 4.69. The van der Waals surface area contributed by atoms with Gasteiger partial charge in [0, 0.05) is 4.88 Å². The molecule has 1 heterocycles. The number of ether oxygens (including phenoxy) is 1. The van der Waals surface area contributed by atoms with Crippen LogP contribution in [-0.2, 0) is 24.1 Å². The molecule has 1 aliphatic rings. The molecule has 1 unspecified atom stereocenters. The molecule has 1 aromatic carbocycles. The van der Waals surface area contributed by atoms with Gasteiger partial charge in [0.05, 0.1) is 5.56 Å². The van der Waals surface area contributed by atoms with Crippen molar-refractivity contribution >= 4 is 28.2 Å². The highest BCUT2D eigenvalue weighted by Gasteiger charge is 2.27. The minimum Gasteiger partial charge on any atom is -0.484 e. The number of carbonyl (C=O) groups excluding carboxylic acids is 2. The smallest absolute Gasteiger partial charge is 0.262 e. The van der Waals surface area contributed by atoms with Gasteiger partial charge in [-0.05, 0) is 54.9 Å². The minimum atomic E-state index is -0.482. The predicted molar refractivity (Wildman–Crippen MR) is 109 cm³/mol. The maximum atomic E-state index is 12.3. The molecule has 0 saturated carbocycles. The van der Waals surface area contributed by atoms with E-state index in [2.05, 4.69) is 19.2 Å². The quantitative estimate of drug-likeness (QED) is 0.756. The highest BCUT2D eigenvalue weighted by atomic mass is 32.1. The van der Waals surface area contributed by atoms with E-state index >= 15 is 0 Å². The van der Waals surface area contributed by atoms with Crippen LogP contribution in [-0.4, -0.2) is 18.4 Å². The first-order valence-corrected chi connectivity index (χ1v) is 10.3. The minimum absolute atomic E-state index is 0.107. The second kappa shape index (κ2) is 8.57. The van der Waals surface area contributed by atoms with Gasteiger partial charge in [-0.25, -0.2) is 0 Å². The molecule has 0 radical (unpaired) electrons. The summed E-state index contributed by atoms with van der Waals surface area (Å²) in [6, 6.07) is 7.77. The van der Waals surface area contributed by atoms with E-state index in [0.717, 1.165) is 42.5 Å². The van der Waals surface area contributed by atoms with E-state index < -0.39 is 5.91 Å². The second-order valence-electron chi connectivity index (χ2n) is 7.15. The number of anilines is 1. The fourth-order valence-electron chi connectivity index (χ4n) is 3.45. The summed E-state index contributed by atoms with van der Waals surface area (Å²) in [6.45, 7) is 4.23. The molecule has 6 heteroatoms. The van der Waals surface area contributed by atoms with Crippen LogP contribution in [0.2, 0.25) is 0 Å². The second-order valence-corrected chi connectivity index (χ2v) is 8.26. The number of nitrogens with two attached hydrogens (primary N) is 1. The van der Waals surface area contributed by atoms with Crippen molar-refractivity contribution in [3.05, 3.63) is 45.8 Å². The lowest BCUT2D eigenvalue weighted by Crippen LogP contribution is -2.22. The van der Waals surface area contributed by atoms with E-state index in [0.29, 0.717) is 22.2 Å². The van der Waals surface area contributed by atoms with Gasteiger partial charge >= 0.3 is 0 Å². The fraction of sp³-hybridized carbons (Fsp3) is 0.429. The molecule has 3 N–H and O–H groups in total. The normalized spacial score (nSPS) is 15.9. The molecule has 1 aromatic heterocycles. The molecular formula is C21H26N2O3S. The van der Waals surface area contributed by atoms with Gasteiger partial charge in [0.2, 0.25) is 0 Å². The first-order valence-electron chi connectivity index (χ1n) is 9.43. The zero-order chi connectivity index (χ0) is 19.4. The number of carbonyl (C=O) groups is 2. The van der Waals surface area contributed by atoms with Crippen molar-refractivity contribution in [2.45, 2.75) is 46.0 Å². The van der Waals surface area contributed by atoms with Crippen LogP contribution in [0.25, 0.3) is 0 Å². The average Bonchev–Trinajstić information content (AvgIpc) is 2.98. The molecule has 2 aromatic rings. The number of amides is 2. The van der Waals surface area contributed by atoms with Gasteiger partial charge in [0.25, 0.3) is 11.8 Å². The van der Waals surface area contributed by atoms with Gasteiger partial charge < -0.3 is 15.8 Å². The molecule has 5 nitrogen and oxygen atoms in total. The SMILES string of the molecule is CCCc1ccc(OCC(=O)Nc2sc3c(c2C(N)=O)CCC(C)C3)cc1. The van der Waals surface area contributed by atoms with Crippen molar-refractivity contribution in [1.82, 2.24) is 0 Å². The number of aryl methyl sites for hydroxylation is 1. The Hall–Kier alpha value is -2.34. The molecule has 0 fully saturated rings. The average molecular weight is 387 g/mol. The maximum absolute atomic E-state index is 12.3. The van der Waals surface area contributed by atoms with E-state index in [1.54, 1.807) is 0 Å². The molecule has 3 rings (SSSR count).